The molecule has 0 bridgehead atoms. The first kappa shape index (κ1) is 13.3. The fourth-order valence-corrected chi connectivity index (χ4v) is 3.04. The summed E-state index contributed by atoms with van der Waals surface area (Å²) >= 11 is 0. The van der Waals surface area contributed by atoms with E-state index in [-0.39, 0.29) is 30.3 Å². The van der Waals surface area contributed by atoms with E-state index in [1.54, 1.807) is 16.8 Å². The van der Waals surface area contributed by atoms with Crippen molar-refractivity contribution in [2.45, 2.75) is 32.2 Å². The van der Waals surface area contributed by atoms with Crippen LogP contribution in [0.25, 0.3) is 0 Å². The molecule has 0 radical (unpaired) electrons. The molecule has 0 spiro atoms. The van der Waals surface area contributed by atoms with Crippen LogP contribution < -0.4 is 5.73 Å². The van der Waals surface area contributed by atoms with Crippen molar-refractivity contribution in [3.8, 4) is 0 Å². The monoisotopic (exact) mass is 253 g/mol. The van der Waals surface area contributed by atoms with E-state index in [4.69, 9.17) is 5.73 Å². The van der Waals surface area contributed by atoms with Gasteiger partial charge in [-0.15, -0.1) is 0 Å². The molecular weight excluding hydrogens is 230 g/mol. The average Bonchev–Trinajstić information content (AvgIpc) is 2.32. The summed E-state index contributed by atoms with van der Waals surface area (Å²) < 4.78 is 0. The quantitative estimate of drug-likeness (QED) is 0.718. The highest BCUT2D eigenvalue weighted by Crippen LogP contribution is 2.30. The van der Waals surface area contributed by atoms with Crippen molar-refractivity contribution < 1.29 is 9.59 Å². The van der Waals surface area contributed by atoms with Crippen LogP contribution in [0.15, 0.2) is 0 Å². The lowest BCUT2D eigenvalue weighted by molar-refractivity contribution is -0.148. The van der Waals surface area contributed by atoms with Gasteiger partial charge in [0.15, 0.2) is 0 Å². The average molecular weight is 253 g/mol. The third-order valence-corrected chi connectivity index (χ3v) is 4.33. The predicted octanol–water partition coefficient (Wildman–Crippen LogP) is 0.0505. The summed E-state index contributed by atoms with van der Waals surface area (Å²) in [5, 5.41) is 0. The van der Waals surface area contributed by atoms with Crippen LogP contribution in [0.2, 0.25) is 0 Å². The van der Waals surface area contributed by atoms with Crippen LogP contribution in [0.5, 0.6) is 0 Å². The van der Waals surface area contributed by atoms with E-state index >= 15 is 0 Å². The molecule has 5 heteroatoms. The van der Waals surface area contributed by atoms with E-state index in [2.05, 4.69) is 6.92 Å². The second kappa shape index (κ2) is 5.26. The molecule has 2 aliphatic rings. The van der Waals surface area contributed by atoms with E-state index in [1.807, 2.05) is 0 Å². The highest BCUT2D eigenvalue weighted by Gasteiger charge is 2.38. The first-order valence-electron chi connectivity index (χ1n) is 6.79. The first-order chi connectivity index (χ1) is 8.50. The minimum atomic E-state index is -0.102. The summed E-state index contributed by atoms with van der Waals surface area (Å²) in [6.07, 6.45) is 3.09. The first-order valence-corrected chi connectivity index (χ1v) is 6.79. The molecule has 1 saturated heterocycles. The molecule has 0 aromatic rings. The van der Waals surface area contributed by atoms with Crippen molar-refractivity contribution in [3.05, 3.63) is 0 Å². The maximum absolute atomic E-state index is 12.5. The SMILES string of the molecule is CC1CCCC(N)C1C(=O)N1CCN(C)C(=O)C1. The fraction of sp³-hybridized carbons (Fsp3) is 0.846. The van der Waals surface area contributed by atoms with Crippen LogP contribution >= 0.6 is 0 Å². The van der Waals surface area contributed by atoms with Crippen LogP contribution in [-0.2, 0) is 9.59 Å². The van der Waals surface area contributed by atoms with Gasteiger partial charge in [-0.25, -0.2) is 0 Å². The van der Waals surface area contributed by atoms with Gasteiger partial charge in [0.1, 0.15) is 0 Å². The molecule has 3 atom stereocenters. The number of carbonyl (C=O) groups excluding carboxylic acids is 2. The lowest BCUT2D eigenvalue weighted by Gasteiger charge is -2.39. The second-order valence-electron chi connectivity index (χ2n) is 5.67. The van der Waals surface area contributed by atoms with Crippen LogP contribution in [0.1, 0.15) is 26.2 Å². The Bertz CT molecular complexity index is 335. The zero-order chi connectivity index (χ0) is 13.3. The summed E-state index contributed by atoms with van der Waals surface area (Å²) in [4.78, 5) is 27.5. The molecule has 5 nitrogen and oxygen atoms in total. The maximum Gasteiger partial charge on any atom is 0.241 e. The number of rotatable bonds is 1. The van der Waals surface area contributed by atoms with Crippen LogP contribution in [0.3, 0.4) is 0 Å². The zero-order valence-electron chi connectivity index (χ0n) is 11.3. The highest BCUT2D eigenvalue weighted by molar-refractivity contribution is 5.87. The van der Waals surface area contributed by atoms with Gasteiger partial charge < -0.3 is 15.5 Å². The Morgan fingerprint density at radius 3 is 2.67 bits per heavy atom. The molecule has 102 valence electrons. The van der Waals surface area contributed by atoms with Crippen molar-refractivity contribution in [1.82, 2.24) is 9.80 Å². The minimum Gasteiger partial charge on any atom is -0.342 e. The standard InChI is InChI=1S/C13H23N3O2/c1-9-4-3-5-10(14)12(9)13(18)16-7-6-15(2)11(17)8-16/h9-10,12H,3-8,14H2,1-2H3. The van der Waals surface area contributed by atoms with E-state index in [0.29, 0.717) is 19.0 Å². The molecule has 2 amide bonds. The predicted molar refractivity (Wildman–Crippen MR) is 68.7 cm³/mol. The fourth-order valence-electron chi connectivity index (χ4n) is 3.04. The van der Waals surface area contributed by atoms with Crippen LogP contribution in [-0.4, -0.2) is 54.3 Å². The summed E-state index contributed by atoms with van der Waals surface area (Å²) in [7, 11) is 1.78. The van der Waals surface area contributed by atoms with Crippen molar-refractivity contribution >= 4 is 11.8 Å². The van der Waals surface area contributed by atoms with Gasteiger partial charge in [0.2, 0.25) is 11.8 Å². The number of hydrogen-bond donors (Lipinski definition) is 1. The number of piperazine rings is 1. The van der Waals surface area contributed by atoms with Crippen molar-refractivity contribution in [2.75, 3.05) is 26.7 Å². The molecule has 1 aliphatic carbocycles. The Balaban J connectivity index is 2.04. The number of nitrogens with two attached hydrogens (primary N) is 1. The van der Waals surface area contributed by atoms with E-state index < -0.39 is 0 Å². The number of nitrogens with zero attached hydrogens (tertiary/aromatic N) is 2. The lowest BCUT2D eigenvalue weighted by atomic mass is 9.76. The van der Waals surface area contributed by atoms with Gasteiger partial charge in [-0.1, -0.05) is 13.3 Å². The number of amides is 2. The van der Waals surface area contributed by atoms with Gasteiger partial charge in [0, 0.05) is 26.2 Å². The van der Waals surface area contributed by atoms with Gasteiger partial charge in [-0.05, 0) is 18.8 Å². The van der Waals surface area contributed by atoms with E-state index in [1.165, 1.54) is 0 Å². The smallest absolute Gasteiger partial charge is 0.241 e. The van der Waals surface area contributed by atoms with Crippen molar-refractivity contribution in [1.29, 1.82) is 0 Å². The van der Waals surface area contributed by atoms with Crippen molar-refractivity contribution in [2.24, 2.45) is 17.6 Å². The molecule has 0 aromatic heterocycles. The molecule has 18 heavy (non-hydrogen) atoms. The Labute approximate surface area is 108 Å². The Morgan fingerprint density at radius 1 is 1.33 bits per heavy atom. The topological polar surface area (TPSA) is 66.6 Å². The number of hydrogen-bond acceptors (Lipinski definition) is 3. The van der Waals surface area contributed by atoms with E-state index in [9.17, 15) is 9.59 Å². The van der Waals surface area contributed by atoms with Crippen molar-refractivity contribution in [3.63, 3.8) is 0 Å². The van der Waals surface area contributed by atoms with Gasteiger partial charge >= 0.3 is 0 Å². The molecule has 0 aromatic carbocycles. The van der Waals surface area contributed by atoms with Gasteiger partial charge in [0.05, 0.1) is 12.5 Å². The molecule has 1 aliphatic heterocycles. The zero-order valence-corrected chi connectivity index (χ0v) is 11.3. The summed E-state index contributed by atoms with van der Waals surface area (Å²) in [5.74, 6) is 0.328. The Kier molecular flexibility index (Phi) is 3.90. The largest absolute Gasteiger partial charge is 0.342 e. The molecule has 2 rings (SSSR count). The third kappa shape index (κ3) is 2.51. The lowest BCUT2D eigenvalue weighted by Crippen LogP contribution is -2.55. The minimum absolute atomic E-state index is 0.0200. The van der Waals surface area contributed by atoms with Gasteiger partial charge in [-0.2, -0.15) is 0 Å². The highest BCUT2D eigenvalue weighted by atomic mass is 16.2. The van der Waals surface area contributed by atoms with E-state index in [0.717, 1.165) is 19.3 Å². The molecule has 2 N–H and O–H groups in total. The van der Waals surface area contributed by atoms with Gasteiger partial charge in [-0.3, -0.25) is 9.59 Å². The normalized spacial score (nSPS) is 33.7. The maximum atomic E-state index is 12.5. The summed E-state index contributed by atoms with van der Waals surface area (Å²) in [6.45, 7) is 3.57. The van der Waals surface area contributed by atoms with Crippen LogP contribution in [0.4, 0.5) is 0 Å². The second-order valence-corrected chi connectivity index (χ2v) is 5.67. The number of likely N-dealkylation sites (N-methyl/N-ethyl adjacent to an activating group) is 1. The van der Waals surface area contributed by atoms with Crippen LogP contribution in [0, 0.1) is 11.8 Å². The summed E-state index contributed by atoms with van der Waals surface area (Å²) in [5.41, 5.74) is 6.10. The Morgan fingerprint density at radius 2 is 2.06 bits per heavy atom. The van der Waals surface area contributed by atoms with Gasteiger partial charge in [0.25, 0.3) is 0 Å². The molecule has 1 heterocycles. The Hall–Kier alpha value is -1.10. The molecule has 1 saturated carbocycles. The third-order valence-electron chi connectivity index (χ3n) is 4.33. The summed E-state index contributed by atoms with van der Waals surface area (Å²) in [6, 6.07) is -0.0454. The molecular formula is C13H23N3O2. The molecule has 3 unspecified atom stereocenters. The molecule has 2 fully saturated rings. The number of carbonyl (C=O) groups is 2.